The summed E-state index contributed by atoms with van der Waals surface area (Å²) in [5.74, 6) is 0.341. The minimum atomic E-state index is -1.57. The van der Waals surface area contributed by atoms with E-state index in [-0.39, 0.29) is 11.7 Å². The number of rotatable bonds is 25. The van der Waals surface area contributed by atoms with Crippen LogP contribution in [0.15, 0.2) is 6.20 Å². The third-order valence-corrected chi connectivity index (χ3v) is 9.11. The minimum Gasteiger partial charge on any atom is -0.394 e. The molecule has 45 heavy (non-hydrogen) atoms. The van der Waals surface area contributed by atoms with E-state index >= 15 is 0 Å². The summed E-state index contributed by atoms with van der Waals surface area (Å²) in [5, 5.41) is 53.0. The fraction of sp³-hybridized carbons (Fsp3) is 0.812. The molecule has 0 aliphatic carbocycles. The average molecular weight is 656 g/mol. The largest absolute Gasteiger partial charge is 0.394 e. The van der Waals surface area contributed by atoms with Crippen molar-refractivity contribution in [2.75, 3.05) is 23.4 Å². The predicted molar refractivity (Wildman–Crippen MR) is 176 cm³/mol. The second kappa shape index (κ2) is 23.5. The summed E-state index contributed by atoms with van der Waals surface area (Å²) < 4.78 is 6.56. The van der Waals surface area contributed by atoms with E-state index in [4.69, 9.17) is 4.74 Å². The van der Waals surface area contributed by atoms with Gasteiger partial charge in [-0.15, -0.1) is 5.10 Å². The van der Waals surface area contributed by atoms with E-state index < -0.39 is 49.2 Å². The van der Waals surface area contributed by atoms with Crippen LogP contribution in [0, 0.1) is 13.3 Å². The van der Waals surface area contributed by atoms with Gasteiger partial charge in [-0.25, -0.2) is 4.68 Å². The summed E-state index contributed by atoms with van der Waals surface area (Å²) in [6.45, 7) is 5.37. The number of hydrogen-bond donors (Lipinski definition) is 6. The van der Waals surface area contributed by atoms with Crippen LogP contribution in [0.5, 0.6) is 0 Å². The van der Waals surface area contributed by atoms with E-state index in [1.807, 2.05) is 0 Å². The number of unbranched alkanes of at least 4 members (excludes halogenated alkanes) is 14. The molecule has 13 heteroatoms. The van der Waals surface area contributed by atoms with Crippen molar-refractivity contribution in [2.45, 2.75) is 146 Å². The molecule has 4 unspecified atom stereocenters. The van der Waals surface area contributed by atoms with E-state index in [2.05, 4.69) is 34.8 Å². The number of aliphatic hydroxyl groups excluding tert-OH is 4. The third kappa shape index (κ3) is 15.1. The summed E-state index contributed by atoms with van der Waals surface area (Å²) >= 11 is 1.46. The highest BCUT2D eigenvalue weighted by Crippen LogP contribution is 2.28. The Morgan fingerprint density at radius 3 is 2.09 bits per heavy atom. The van der Waals surface area contributed by atoms with Gasteiger partial charge in [0.1, 0.15) is 30.5 Å². The van der Waals surface area contributed by atoms with Crippen LogP contribution < -0.4 is 10.6 Å². The SMILES string of the molecule is [CH2][CH]CSC[C@@H](NC(=O)CCCCCCCCCCCCCCCCC)C(=O)Nc1cn([C@@H]2OC(CO)C(O)C(O)C2O)nn1. The first-order valence-electron chi connectivity index (χ1n) is 16.8. The maximum Gasteiger partial charge on any atom is 0.249 e. The van der Waals surface area contributed by atoms with Crippen molar-refractivity contribution >= 4 is 29.4 Å². The van der Waals surface area contributed by atoms with Gasteiger partial charge in [0.2, 0.25) is 11.8 Å². The van der Waals surface area contributed by atoms with Gasteiger partial charge < -0.3 is 35.8 Å². The number of nitrogens with one attached hydrogen (secondary N) is 2. The molecule has 2 radical (unpaired) electrons. The molecular weight excluding hydrogens is 598 g/mol. The fourth-order valence-electron chi connectivity index (χ4n) is 5.35. The lowest BCUT2D eigenvalue weighted by Crippen LogP contribution is -2.56. The number of aliphatic hydroxyl groups is 4. The van der Waals surface area contributed by atoms with Gasteiger partial charge in [0, 0.05) is 12.2 Å². The van der Waals surface area contributed by atoms with E-state index in [0.717, 1.165) is 23.9 Å². The number of carbonyl (C=O) groups excluding carboxylic acids is 2. The van der Waals surface area contributed by atoms with Crippen LogP contribution in [-0.2, 0) is 14.3 Å². The van der Waals surface area contributed by atoms with E-state index in [9.17, 15) is 30.0 Å². The molecule has 1 aliphatic heterocycles. The molecule has 12 nitrogen and oxygen atoms in total. The monoisotopic (exact) mass is 655 g/mol. The molecule has 0 saturated carbocycles. The first-order chi connectivity index (χ1) is 21.8. The average Bonchev–Trinajstić information content (AvgIpc) is 3.49. The van der Waals surface area contributed by atoms with Crippen molar-refractivity contribution in [1.82, 2.24) is 20.3 Å². The lowest BCUT2D eigenvalue weighted by atomic mass is 9.98. The second-order valence-corrected chi connectivity index (χ2v) is 13.0. The molecule has 1 aromatic heterocycles. The molecule has 1 saturated heterocycles. The Morgan fingerprint density at radius 2 is 1.53 bits per heavy atom. The van der Waals surface area contributed by atoms with Crippen molar-refractivity contribution in [3.8, 4) is 0 Å². The summed E-state index contributed by atoms with van der Waals surface area (Å²) in [7, 11) is 0. The number of carbonyl (C=O) groups is 2. The number of nitrogens with zero attached hydrogens (tertiary/aromatic N) is 3. The molecule has 0 spiro atoms. The molecule has 0 aromatic carbocycles. The Morgan fingerprint density at radius 1 is 0.956 bits per heavy atom. The van der Waals surface area contributed by atoms with E-state index in [1.54, 1.807) is 6.42 Å². The van der Waals surface area contributed by atoms with Crippen molar-refractivity contribution in [3.63, 3.8) is 0 Å². The molecule has 2 rings (SSSR count). The van der Waals surface area contributed by atoms with E-state index in [0.29, 0.717) is 17.9 Å². The standard InChI is InChI=1S/C32H57N5O7S/c1-3-5-6-7-8-9-10-11-12-13-14-15-16-17-18-19-27(39)33-24(23-45-20-4-2)31(43)34-26-21-37(36-35-26)32-30(42)29(41)28(40)25(22-38)44-32/h4,21,24-25,28-30,32,38,40-42H,2-3,5-20,22-23H2,1H3,(H,33,39)(H,34,43)/t24-,25?,28?,29?,30?,32-/m1/s1. The van der Waals surface area contributed by atoms with Crippen molar-refractivity contribution in [1.29, 1.82) is 0 Å². The number of amides is 2. The van der Waals surface area contributed by atoms with Crippen LogP contribution in [0.3, 0.4) is 0 Å². The Balaban J connectivity index is 1.69. The first-order valence-corrected chi connectivity index (χ1v) is 18.0. The third-order valence-electron chi connectivity index (χ3n) is 8.07. The van der Waals surface area contributed by atoms with Crippen LogP contribution in [0.1, 0.15) is 116 Å². The van der Waals surface area contributed by atoms with Crippen molar-refractivity contribution in [3.05, 3.63) is 19.5 Å². The molecule has 2 amide bonds. The lowest BCUT2D eigenvalue weighted by Gasteiger charge is -2.39. The molecule has 1 aromatic rings. The van der Waals surface area contributed by atoms with Gasteiger partial charge in [0.05, 0.1) is 12.8 Å². The van der Waals surface area contributed by atoms with Crippen LogP contribution in [-0.4, -0.2) is 95.8 Å². The molecule has 6 atom stereocenters. The lowest BCUT2D eigenvalue weighted by molar-refractivity contribution is -0.254. The van der Waals surface area contributed by atoms with Crippen LogP contribution in [0.4, 0.5) is 5.82 Å². The number of anilines is 1. The number of ether oxygens (including phenoxy) is 1. The second-order valence-electron chi connectivity index (χ2n) is 11.9. The Kier molecular flexibility index (Phi) is 20.6. The Hall–Kier alpha value is -1.77. The molecule has 1 aliphatic rings. The highest BCUT2D eigenvalue weighted by molar-refractivity contribution is 7.99. The van der Waals surface area contributed by atoms with Crippen LogP contribution in [0.2, 0.25) is 0 Å². The molecule has 1 fully saturated rings. The molecule has 0 bridgehead atoms. The highest BCUT2D eigenvalue weighted by Gasteiger charge is 2.44. The summed E-state index contributed by atoms with van der Waals surface area (Å²) in [5.41, 5.74) is 0. The quantitative estimate of drug-likeness (QED) is 0.0851. The Bertz CT molecular complexity index is 937. The number of thioether (sulfide) groups is 1. The summed E-state index contributed by atoms with van der Waals surface area (Å²) in [6, 6.07) is -0.809. The zero-order valence-electron chi connectivity index (χ0n) is 27.0. The molecule has 6 N–H and O–H groups in total. The first kappa shape index (κ1) is 39.4. The van der Waals surface area contributed by atoms with Gasteiger partial charge in [-0.1, -0.05) is 102 Å². The summed E-state index contributed by atoms with van der Waals surface area (Å²) in [4.78, 5) is 25.7. The molecular formula is C32H57N5O7S. The van der Waals surface area contributed by atoms with Gasteiger partial charge >= 0.3 is 0 Å². The van der Waals surface area contributed by atoms with Crippen LogP contribution >= 0.6 is 11.8 Å². The Labute approximate surface area is 273 Å². The maximum absolute atomic E-state index is 13.1. The zero-order valence-corrected chi connectivity index (χ0v) is 27.8. The van der Waals surface area contributed by atoms with Crippen molar-refractivity contribution < 1.29 is 34.8 Å². The predicted octanol–water partition coefficient (Wildman–Crippen LogP) is 3.71. The van der Waals surface area contributed by atoms with Gasteiger partial charge in [-0.2, -0.15) is 11.8 Å². The fourth-order valence-corrected chi connectivity index (χ4v) is 6.12. The normalized spacial score (nSPS) is 22.3. The van der Waals surface area contributed by atoms with Gasteiger partial charge in [0.15, 0.2) is 12.0 Å². The highest BCUT2D eigenvalue weighted by atomic mass is 32.2. The van der Waals surface area contributed by atoms with E-state index in [1.165, 1.54) is 95.0 Å². The smallest absolute Gasteiger partial charge is 0.249 e. The zero-order chi connectivity index (χ0) is 32.9. The van der Waals surface area contributed by atoms with Gasteiger partial charge in [0.25, 0.3) is 0 Å². The van der Waals surface area contributed by atoms with Gasteiger partial charge in [-0.05, 0) is 25.5 Å². The number of hydrogen-bond acceptors (Lipinski definition) is 10. The maximum atomic E-state index is 13.1. The van der Waals surface area contributed by atoms with Crippen LogP contribution in [0.25, 0.3) is 0 Å². The van der Waals surface area contributed by atoms with Crippen molar-refractivity contribution in [2.24, 2.45) is 0 Å². The van der Waals surface area contributed by atoms with Gasteiger partial charge in [-0.3, -0.25) is 9.59 Å². The molecule has 2 heterocycles. The topological polar surface area (TPSA) is 179 Å². The number of aromatic nitrogens is 3. The molecule has 258 valence electrons. The minimum absolute atomic E-state index is 0.0485. The summed E-state index contributed by atoms with van der Waals surface area (Å²) in [6.07, 6.45) is 15.2.